The van der Waals surface area contributed by atoms with Crippen LogP contribution in [0.2, 0.25) is 0 Å². The molecule has 0 aliphatic heterocycles. The molecule has 1 heterocycles. The first kappa shape index (κ1) is 13.9. The summed E-state index contributed by atoms with van der Waals surface area (Å²) in [6, 6.07) is 4.80. The standard InChI is InChI=1S/C14H17N3O3/c1-3-17-9-11(8-16-17)20-13-6-5-10(7-12(13)15)14(18)19-4-2/h5-9H,3-4,15H2,1-2H3. The molecule has 6 heteroatoms. The number of ether oxygens (including phenoxy) is 2. The number of esters is 1. The largest absolute Gasteiger partial charge is 0.462 e. The van der Waals surface area contributed by atoms with Gasteiger partial charge in [0.1, 0.15) is 0 Å². The summed E-state index contributed by atoms with van der Waals surface area (Å²) in [5.41, 5.74) is 6.66. The Labute approximate surface area is 117 Å². The lowest BCUT2D eigenvalue weighted by Gasteiger charge is -2.08. The Hall–Kier alpha value is -2.50. The molecular weight excluding hydrogens is 258 g/mol. The summed E-state index contributed by atoms with van der Waals surface area (Å²) in [5.74, 6) is 0.681. The number of nitrogens with zero attached hydrogens (tertiary/aromatic N) is 2. The SMILES string of the molecule is CCOC(=O)c1ccc(Oc2cnn(CC)c2)c(N)c1. The van der Waals surface area contributed by atoms with Gasteiger partial charge in [-0.25, -0.2) is 4.79 Å². The van der Waals surface area contributed by atoms with E-state index in [1.54, 1.807) is 36.1 Å². The fraction of sp³-hybridized carbons (Fsp3) is 0.286. The van der Waals surface area contributed by atoms with Crippen molar-refractivity contribution >= 4 is 11.7 Å². The number of benzene rings is 1. The molecule has 0 saturated carbocycles. The molecule has 0 bridgehead atoms. The minimum atomic E-state index is -0.399. The summed E-state index contributed by atoms with van der Waals surface area (Å²) in [4.78, 5) is 11.6. The van der Waals surface area contributed by atoms with Crippen molar-refractivity contribution in [3.05, 3.63) is 36.2 Å². The molecule has 2 aromatic rings. The van der Waals surface area contributed by atoms with Gasteiger partial charge in [0, 0.05) is 6.54 Å². The second-order valence-electron chi connectivity index (χ2n) is 4.11. The predicted octanol–water partition coefficient (Wildman–Crippen LogP) is 2.45. The fourth-order valence-electron chi connectivity index (χ4n) is 1.68. The van der Waals surface area contributed by atoms with E-state index in [1.807, 2.05) is 6.92 Å². The van der Waals surface area contributed by atoms with E-state index in [0.29, 0.717) is 29.4 Å². The summed E-state index contributed by atoms with van der Waals surface area (Å²) >= 11 is 0. The van der Waals surface area contributed by atoms with E-state index in [9.17, 15) is 4.79 Å². The maximum atomic E-state index is 11.6. The van der Waals surface area contributed by atoms with Gasteiger partial charge in [0.2, 0.25) is 0 Å². The smallest absolute Gasteiger partial charge is 0.338 e. The van der Waals surface area contributed by atoms with Crippen LogP contribution in [-0.4, -0.2) is 22.4 Å². The first-order valence-corrected chi connectivity index (χ1v) is 6.41. The molecule has 0 aliphatic carbocycles. The van der Waals surface area contributed by atoms with Gasteiger partial charge in [-0.15, -0.1) is 0 Å². The summed E-state index contributed by atoms with van der Waals surface area (Å²) in [5, 5.41) is 4.11. The Morgan fingerprint density at radius 2 is 2.20 bits per heavy atom. The van der Waals surface area contributed by atoms with Crippen molar-refractivity contribution < 1.29 is 14.3 Å². The van der Waals surface area contributed by atoms with Crippen LogP contribution < -0.4 is 10.5 Å². The van der Waals surface area contributed by atoms with Crippen molar-refractivity contribution in [1.29, 1.82) is 0 Å². The number of hydrogen-bond acceptors (Lipinski definition) is 5. The van der Waals surface area contributed by atoms with Gasteiger partial charge >= 0.3 is 5.97 Å². The molecule has 0 atom stereocenters. The minimum Gasteiger partial charge on any atom is -0.462 e. The van der Waals surface area contributed by atoms with Crippen LogP contribution >= 0.6 is 0 Å². The minimum absolute atomic E-state index is 0.327. The summed E-state index contributed by atoms with van der Waals surface area (Å²) in [6.07, 6.45) is 3.39. The molecule has 2 rings (SSSR count). The molecule has 0 fully saturated rings. The summed E-state index contributed by atoms with van der Waals surface area (Å²) < 4.78 is 12.3. The van der Waals surface area contributed by atoms with Gasteiger partial charge in [0.15, 0.2) is 11.5 Å². The highest BCUT2D eigenvalue weighted by molar-refractivity contribution is 5.91. The second kappa shape index (κ2) is 6.10. The lowest BCUT2D eigenvalue weighted by atomic mass is 10.2. The lowest BCUT2D eigenvalue weighted by Crippen LogP contribution is -2.05. The van der Waals surface area contributed by atoms with Gasteiger partial charge in [0.25, 0.3) is 0 Å². The monoisotopic (exact) mass is 275 g/mol. The summed E-state index contributed by atoms with van der Waals surface area (Å²) in [7, 11) is 0. The Morgan fingerprint density at radius 3 is 2.80 bits per heavy atom. The molecule has 0 radical (unpaired) electrons. The second-order valence-corrected chi connectivity index (χ2v) is 4.11. The highest BCUT2D eigenvalue weighted by atomic mass is 16.5. The Morgan fingerprint density at radius 1 is 1.40 bits per heavy atom. The van der Waals surface area contributed by atoms with E-state index in [0.717, 1.165) is 6.54 Å². The van der Waals surface area contributed by atoms with Crippen molar-refractivity contribution in [3.63, 3.8) is 0 Å². The molecule has 1 aromatic heterocycles. The predicted molar refractivity (Wildman–Crippen MR) is 74.8 cm³/mol. The average molecular weight is 275 g/mol. The molecule has 2 N–H and O–H groups in total. The number of hydrogen-bond donors (Lipinski definition) is 1. The highest BCUT2D eigenvalue weighted by Gasteiger charge is 2.10. The van der Waals surface area contributed by atoms with E-state index < -0.39 is 5.97 Å². The third-order valence-electron chi connectivity index (χ3n) is 2.68. The number of nitrogens with two attached hydrogens (primary N) is 1. The van der Waals surface area contributed by atoms with Crippen LogP contribution in [-0.2, 0) is 11.3 Å². The number of aryl methyl sites for hydroxylation is 1. The van der Waals surface area contributed by atoms with Gasteiger partial charge in [-0.2, -0.15) is 5.10 Å². The first-order chi connectivity index (χ1) is 9.63. The first-order valence-electron chi connectivity index (χ1n) is 6.41. The van der Waals surface area contributed by atoms with E-state index in [-0.39, 0.29) is 0 Å². The normalized spacial score (nSPS) is 10.3. The van der Waals surface area contributed by atoms with Gasteiger partial charge < -0.3 is 15.2 Å². The van der Waals surface area contributed by atoms with Gasteiger partial charge in [0.05, 0.1) is 30.3 Å². The number of carbonyl (C=O) groups excluding carboxylic acids is 1. The van der Waals surface area contributed by atoms with E-state index in [2.05, 4.69) is 5.10 Å². The van der Waals surface area contributed by atoms with Crippen molar-refractivity contribution in [2.75, 3.05) is 12.3 Å². The average Bonchev–Trinajstić information content (AvgIpc) is 2.89. The van der Waals surface area contributed by atoms with Crippen LogP contribution in [0, 0.1) is 0 Å². The Bertz CT molecular complexity index is 607. The van der Waals surface area contributed by atoms with Crippen LogP contribution in [0.15, 0.2) is 30.6 Å². The van der Waals surface area contributed by atoms with Gasteiger partial charge in [-0.3, -0.25) is 4.68 Å². The van der Waals surface area contributed by atoms with Crippen molar-refractivity contribution in [2.24, 2.45) is 0 Å². The topological polar surface area (TPSA) is 79.4 Å². The van der Waals surface area contributed by atoms with Crippen LogP contribution in [0.1, 0.15) is 24.2 Å². The zero-order chi connectivity index (χ0) is 14.5. The molecule has 20 heavy (non-hydrogen) atoms. The molecule has 0 aliphatic rings. The lowest BCUT2D eigenvalue weighted by molar-refractivity contribution is 0.0526. The highest BCUT2D eigenvalue weighted by Crippen LogP contribution is 2.28. The van der Waals surface area contributed by atoms with E-state index in [4.69, 9.17) is 15.2 Å². The zero-order valence-electron chi connectivity index (χ0n) is 11.5. The van der Waals surface area contributed by atoms with E-state index >= 15 is 0 Å². The Kier molecular flexibility index (Phi) is 4.24. The van der Waals surface area contributed by atoms with Gasteiger partial charge in [-0.1, -0.05) is 0 Å². The molecule has 0 saturated heterocycles. The molecule has 0 amide bonds. The zero-order valence-corrected chi connectivity index (χ0v) is 11.5. The van der Waals surface area contributed by atoms with Gasteiger partial charge in [-0.05, 0) is 32.0 Å². The number of rotatable bonds is 5. The molecule has 106 valence electrons. The number of carbonyl (C=O) groups is 1. The van der Waals surface area contributed by atoms with Crippen LogP contribution in [0.3, 0.4) is 0 Å². The van der Waals surface area contributed by atoms with Crippen LogP contribution in [0.5, 0.6) is 11.5 Å². The molecule has 0 unspecified atom stereocenters. The molecular formula is C14H17N3O3. The van der Waals surface area contributed by atoms with Crippen molar-refractivity contribution in [2.45, 2.75) is 20.4 Å². The third kappa shape index (κ3) is 3.09. The maximum absolute atomic E-state index is 11.6. The molecule has 6 nitrogen and oxygen atoms in total. The number of anilines is 1. The Balaban J connectivity index is 2.15. The summed E-state index contributed by atoms with van der Waals surface area (Å²) in [6.45, 7) is 4.83. The van der Waals surface area contributed by atoms with Crippen LogP contribution in [0.4, 0.5) is 5.69 Å². The quantitative estimate of drug-likeness (QED) is 0.669. The van der Waals surface area contributed by atoms with Crippen molar-refractivity contribution in [1.82, 2.24) is 9.78 Å². The number of nitrogen functional groups attached to an aromatic ring is 1. The van der Waals surface area contributed by atoms with E-state index in [1.165, 1.54) is 6.07 Å². The third-order valence-corrected chi connectivity index (χ3v) is 2.68. The molecule has 0 spiro atoms. The fourth-order valence-corrected chi connectivity index (χ4v) is 1.68. The molecule has 1 aromatic carbocycles. The van der Waals surface area contributed by atoms with Crippen molar-refractivity contribution in [3.8, 4) is 11.5 Å². The number of aromatic nitrogens is 2. The van der Waals surface area contributed by atoms with Crippen LogP contribution in [0.25, 0.3) is 0 Å². The maximum Gasteiger partial charge on any atom is 0.338 e.